The lowest BCUT2D eigenvalue weighted by atomic mass is 10.2. The van der Waals surface area contributed by atoms with Gasteiger partial charge in [0, 0.05) is 21.9 Å². The zero-order chi connectivity index (χ0) is 20.0. The van der Waals surface area contributed by atoms with E-state index >= 15 is 0 Å². The number of thiophene rings is 1. The maximum Gasteiger partial charge on any atom is 0.251 e. The summed E-state index contributed by atoms with van der Waals surface area (Å²) in [5.41, 5.74) is 1.18. The van der Waals surface area contributed by atoms with Gasteiger partial charge in [-0.1, -0.05) is 43.3 Å². The monoisotopic (exact) mass is 414 g/mol. The number of carbonyl (C=O) groups is 1. The van der Waals surface area contributed by atoms with Gasteiger partial charge in [0.25, 0.3) is 5.91 Å². The summed E-state index contributed by atoms with van der Waals surface area (Å²) in [6, 6.07) is 19.4. The minimum Gasteiger partial charge on any atom is -0.347 e. The van der Waals surface area contributed by atoms with Gasteiger partial charge in [-0.2, -0.15) is 0 Å². The first-order valence-electron chi connectivity index (χ1n) is 8.97. The largest absolute Gasteiger partial charge is 0.347 e. The van der Waals surface area contributed by atoms with E-state index in [1.165, 1.54) is 17.0 Å². The van der Waals surface area contributed by atoms with Gasteiger partial charge in [0.2, 0.25) is 10.0 Å². The Bertz CT molecular complexity index is 1040. The fourth-order valence-electron chi connectivity index (χ4n) is 2.64. The van der Waals surface area contributed by atoms with Gasteiger partial charge in [0.1, 0.15) is 0 Å². The highest BCUT2D eigenvalue weighted by molar-refractivity contribution is 7.89. The number of carbonyl (C=O) groups excluding carboxylic acids is 1. The molecular weight excluding hydrogens is 392 g/mol. The van der Waals surface area contributed by atoms with Gasteiger partial charge in [0.15, 0.2) is 0 Å². The smallest absolute Gasteiger partial charge is 0.251 e. The molecule has 0 aliphatic heterocycles. The molecule has 3 aromatic rings. The number of aryl methyl sites for hydroxylation is 1. The van der Waals surface area contributed by atoms with Crippen LogP contribution in [0, 0.1) is 0 Å². The topological polar surface area (TPSA) is 75.3 Å². The SMILES string of the molecule is CCc1ccc(CNC(=O)c2cccc(S(=O)(=O)NCc3ccccc3)c2)s1. The van der Waals surface area contributed by atoms with Gasteiger partial charge in [0.05, 0.1) is 11.4 Å². The van der Waals surface area contributed by atoms with Crippen LogP contribution in [0.25, 0.3) is 0 Å². The van der Waals surface area contributed by atoms with Crippen LogP contribution in [0.4, 0.5) is 0 Å². The first-order chi connectivity index (χ1) is 13.5. The summed E-state index contributed by atoms with van der Waals surface area (Å²) in [6.07, 6.45) is 0.967. The Hall–Kier alpha value is -2.48. The van der Waals surface area contributed by atoms with Gasteiger partial charge in [-0.05, 0) is 42.3 Å². The fraction of sp³-hybridized carbons (Fsp3) is 0.190. The number of rotatable bonds is 8. The van der Waals surface area contributed by atoms with E-state index in [9.17, 15) is 13.2 Å². The lowest BCUT2D eigenvalue weighted by Gasteiger charge is -2.09. The van der Waals surface area contributed by atoms with Crippen molar-refractivity contribution in [1.82, 2.24) is 10.0 Å². The summed E-state index contributed by atoms with van der Waals surface area (Å²) in [7, 11) is -3.71. The molecule has 0 unspecified atom stereocenters. The summed E-state index contributed by atoms with van der Waals surface area (Å²) in [5, 5.41) is 2.85. The molecule has 28 heavy (non-hydrogen) atoms. The Labute approximate surface area is 169 Å². The summed E-state index contributed by atoms with van der Waals surface area (Å²) < 4.78 is 27.7. The van der Waals surface area contributed by atoms with Crippen molar-refractivity contribution in [2.75, 3.05) is 0 Å². The van der Waals surface area contributed by atoms with Crippen molar-refractivity contribution in [1.29, 1.82) is 0 Å². The summed E-state index contributed by atoms with van der Waals surface area (Å²) in [5.74, 6) is -0.299. The highest BCUT2D eigenvalue weighted by Crippen LogP contribution is 2.17. The van der Waals surface area contributed by atoms with Crippen molar-refractivity contribution in [2.24, 2.45) is 0 Å². The molecule has 0 spiro atoms. The third-order valence-corrected chi connectivity index (χ3v) is 6.83. The average molecular weight is 415 g/mol. The van der Waals surface area contributed by atoms with Gasteiger partial charge in [-0.3, -0.25) is 4.79 Å². The third-order valence-electron chi connectivity index (χ3n) is 4.20. The van der Waals surface area contributed by atoms with Crippen LogP contribution in [0.1, 0.15) is 32.6 Å². The predicted molar refractivity (Wildman–Crippen MR) is 112 cm³/mol. The van der Waals surface area contributed by atoms with Crippen molar-refractivity contribution in [3.05, 3.63) is 87.6 Å². The number of amides is 1. The molecule has 0 aliphatic carbocycles. The van der Waals surface area contributed by atoms with Crippen LogP contribution in [0.3, 0.4) is 0 Å². The van der Waals surface area contributed by atoms with E-state index in [-0.39, 0.29) is 17.3 Å². The van der Waals surface area contributed by atoms with Crippen molar-refractivity contribution in [3.8, 4) is 0 Å². The van der Waals surface area contributed by atoms with Crippen LogP contribution in [-0.2, 0) is 29.5 Å². The Balaban J connectivity index is 1.65. The molecule has 0 fully saturated rings. The van der Waals surface area contributed by atoms with Crippen LogP contribution in [0.2, 0.25) is 0 Å². The summed E-state index contributed by atoms with van der Waals surface area (Å²) >= 11 is 1.66. The molecular formula is C21H22N2O3S2. The van der Waals surface area contributed by atoms with Crippen molar-refractivity contribution in [2.45, 2.75) is 31.3 Å². The zero-order valence-electron chi connectivity index (χ0n) is 15.5. The maximum atomic E-state index is 12.6. The molecule has 0 saturated carbocycles. The Morgan fingerprint density at radius 3 is 2.39 bits per heavy atom. The van der Waals surface area contributed by atoms with Crippen molar-refractivity contribution >= 4 is 27.3 Å². The number of nitrogens with one attached hydrogen (secondary N) is 2. The standard InChI is InChI=1S/C21H22N2O3S2/c1-2-18-11-12-19(27-18)15-22-21(24)17-9-6-10-20(13-17)28(25,26)23-14-16-7-4-3-5-8-16/h3-13,23H,2,14-15H2,1H3,(H,22,24). The average Bonchev–Trinajstić information content (AvgIpc) is 3.19. The Morgan fingerprint density at radius 1 is 0.929 bits per heavy atom. The molecule has 2 aromatic carbocycles. The molecule has 0 atom stereocenters. The molecule has 1 heterocycles. The second kappa shape index (κ2) is 9.14. The second-order valence-corrected chi connectivity index (χ2v) is 9.26. The predicted octanol–water partition coefficient (Wildman–Crippen LogP) is 3.72. The molecule has 146 valence electrons. The first kappa shape index (κ1) is 20.3. The third kappa shape index (κ3) is 5.28. The van der Waals surface area contributed by atoms with Gasteiger partial charge < -0.3 is 5.32 Å². The molecule has 7 heteroatoms. The van der Waals surface area contributed by atoms with E-state index in [1.807, 2.05) is 36.4 Å². The van der Waals surface area contributed by atoms with Gasteiger partial charge in [-0.15, -0.1) is 11.3 Å². The Morgan fingerprint density at radius 2 is 1.68 bits per heavy atom. The molecule has 0 radical (unpaired) electrons. The van der Waals surface area contributed by atoms with Gasteiger partial charge in [-0.25, -0.2) is 13.1 Å². The molecule has 2 N–H and O–H groups in total. The van der Waals surface area contributed by atoms with Crippen LogP contribution in [0.15, 0.2) is 71.6 Å². The molecule has 1 aromatic heterocycles. The fourth-order valence-corrected chi connectivity index (χ4v) is 4.60. The molecule has 0 saturated heterocycles. The van der Waals surface area contributed by atoms with E-state index in [0.717, 1.165) is 16.9 Å². The highest BCUT2D eigenvalue weighted by atomic mass is 32.2. The van der Waals surface area contributed by atoms with Gasteiger partial charge >= 0.3 is 0 Å². The van der Waals surface area contributed by atoms with E-state index in [0.29, 0.717) is 12.1 Å². The molecule has 3 rings (SSSR count). The summed E-state index contributed by atoms with van der Waals surface area (Å²) in [6.45, 7) is 2.70. The van der Waals surface area contributed by atoms with Crippen LogP contribution < -0.4 is 10.0 Å². The van der Waals surface area contributed by atoms with Crippen LogP contribution >= 0.6 is 11.3 Å². The van der Waals surface area contributed by atoms with Crippen molar-refractivity contribution in [3.63, 3.8) is 0 Å². The van der Waals surface area contributed by atoms with E-state index in [1.54, 1.807) is 23.5 Å². The number of benzene rings is 2. The zero-order valence-corrected chi connectivity index (χ0v) is 17.1. The minimum atomic E-state index is -3.71. The second-order valence-electron chi connectivity index (χ2n) is 6.24. The van der Waals surface area contributed by atoms with E-state index < -0.39 is 10.0 Å². The van der Waals surface area contributed by atoms with Crippen molar-refractivity contribution < 1.29 is 13.2 Å². The number of hydrogen-bond acceptors (Lipinski definition) is 4. The van der Waals surface area contributed by atoms with E-state index in [2.05, 4.69) is 23.0 Å². The van der Waals surface area contributed by atoms with E-state index in [4.69, 9.17) is 0 Å². The molecule has 0 bridgehead atoms. The van der Waals surface area contributed by atoms with Crippen LogP contribution in [-0.4, -0.2) is 14.3 Å². The number of hydrogen-bond donors (Lipinski definition) is 2. The lowest BCUT2D eigenvalue weighted by molar-refractivity contribution is 0.0951. The van der Waals surface area contributed by atoms with Crippen LogP contribution in [0.5, 0.6) is 0 Å². The molecule has 5 nitrogen and oxygen atoms in total. The summed E-state index contributed by atoms with van der Waals surface area (Å²) in [4.78, 5) is 14.8. The normalized spacial score (nSPS) is 11.3. The number of sulfonamides is 1. The Kier molecular flexibility index (Phi) is 6.61. The lowest BCUT2D eigenvalue weighted by Crippen LogP contribution is -2.25. The first-order valence-corrected chi connectivity index (χ1v) is 11.3. The molecule has 0 aliphatic rings. The molecule has 1 amide bonds. The quantitative estimate of drug-likeness (QED) is 0.590. The highest BCUT2D eigenvalue weighted by Gasteiger charge is 2.16. The minimum absolute atomic E-state index is 0.0699. The maximum absolute atomic E-state index is 12.6.